The van der Waals surface area contributed by atoms with Crippen LogP contribution in [0, 0.1) is 5.92 Å². The molecule has 1 atom stereocenters. The van der Waals surface area contributed by atoms with Gasteiger partial charge in [0, 0.05) is 38.8 Å². The number of hydrogen-bond acceptors (Lipinski definition) is 4. The lowest BCUT2D eigenvalue weighted by atomic mass is 10.1. The number of sulfonamides is 1. The van der Waals surface area contributed by atoms with Gasteiger partial charge in [-0.25, -0.2) is 12.7 Å². The Morgan fingerprint density at radius 3 is 2.78 bits per heavy atom. The lowest BCUT2D eigenvalue weighted by Gasteiger charge is -2.22. The average Bonchev–Trinajstić information content (AvgIpc) is 2.92. The Morgan fingerprint density at radius 2 is 2.13 bits per heavy atom. The van der Waals surface area contributed by atoms with Crippen LogP contribution in [0.15, 0.2) is 23.1 Å². The summed E-state index contributed by atoms with van der Waals surface area (Å²) >= 11 is 11.9. The van der Waals surface area contributed by atoms with Crippen LogP contribution in [0.2, 0.25) is 10.0 Å². The van der Waals surface area contributed by atoms with Gasteiger partial charge < -0.3 is 9.64 Å². The third-order valence-electron chi connectivity index (χ3n) is 4.08. The van der Waals surface area contributed by atoms with Gasteiger partial charge in [0.25, 0.3) is 0 Å². The molecule has 0 radical (unpaired) electrons. The second kappa shape index (κ2) is 8.14. The molecule has 0 aromatic heterocycles. The number of likely N-dealkylation sites (tertiary alicyclic amines) is 1. The summed E-state index contributed by atoms with van der Waals surface area (Å²) in [5, 5.41) is 0.568. The molecule has 130 valence electrons. The first-order valence-corrected chi connectivity index (χ1v) is 9.67. The highest BCUT2D eigenvalue weighted by Crippen LogP contribution is 2.28. The molecule has 23 heavy (non-hydrogen) atoms. The molecule has 1 aliphatic rings. The highest BCUT2D eigenvalue weighted by Gasteiger charge is 2.29. The molecule has 1 heterocycles. The van der Waals surface area contributed by atoms with Crippen molar-refractivity contribution in [1.29, 1.82) is 0 Å². The van der Waals surface area contributed by atoms with E-state index >= 15 is 0 Å². The average molecular weight is 381 g/mol. The standard InChI is InChI=1S/C15H22Cl2N2O3S/c1-18(10-12-5-6-19(11-12)7-8-22-2)23(20,21)15-4-3-13(16)9-14(15)17/h3-4,9,12H,5-8,10-11H2,1-2H3. The van der Waals surface area contributed by atoms with E-state index in [4.69, 9.17) is 27.9 Å². The van der Waals surface area contributed by atoms with Crippen molar-refractivity contribution in [1.82, 2.24) is 9.21 Å². The number of methoxy groups -OCH3 is 1. The maximum absolute atomic E-state index is 12.7. The van der Waals surface area contributed by atoms with Crippen molar-refractivity contribution >= 4 is 33.2 Å². The molecule has 0 spiro atoms. The van der Waals surface area contributed by atoms with Crippen LogP contribution >= 0.6 is 23.2 Å². The van der Waals surface area contributed by atoms with Crippen molar-refractivity contribution in [2.75, 3.05) is 46.9 Å². The first-order valence-electron chi connectivity index (χ1n) is 7.47. The van der Waals surface area contributed by atoms with E-state index in [1.807, 2.05) is 0 Å². The van der Waals surface area contributed by atoms with Gasteiger partial charge in [0.05, 0.1) is 11.6 Å². The van der Waals surface area contributed by atoms with Crippen LogP contribution in [-0.2, 0) is 14.8 Å². The highest BCUT2D eigenvalue weighted by atomic mass is 35.5. The Morgan fingerprint density at radius 1 is 1.39 bits per heavy atom. The number of nitrogens with zero attached hydrogens (tertiary/aromatic N) is 2. The molecular weight excluding hydrogens is 359 g/mol. The zero-order valence-corrected chi connectivity index (χ0v) is 15.7. The molecule has 1 aliphatic heterocycles. The Hall–Kier alpha value is -0.370. The molecule has 5 nitrogen and oxygen atoms in total. The van der Waals surface area contributed by atoms with Gasteiger partial charge in [0.2, 0.25) is 10.0 Å². The van der Waals surface area contributed by atoms with E-state index in [0.29, 0.717) is 24.1 Å². The van der Waals surface area contributed by atoms with E-state index in [-0.39, 0.29) is 9.92 Å². The summed E-state index contributed by atoms with van der Waals surface area (Å²) in [5.41, 5.74) is 0. The summed E-state index contributed by atoms with van der Waals surface area (Å²) in [4.78, 5) is 2.39. The molecule has 1 aromatic rings. The largest absolute Gasteiger partial charge is 0.383 e. The van der Waals surface area contributed by atoms with E-state index in [1.54, 1.807) is 14.2 Å². The van der Waals surface area contributed by atoms with Gasteiger partial charge in [-0.05, 0) is 37.1 Å². The monoisotopic (exact) mass is 380 g/mol. The van der Waals surface area contributed by atoms with Gasteiger partial charge in [0.15, 0.2) is 0 Å². The maximum atomic E-state index is 12.7. The Bertz CT molecular complexity index is 640. The molecule has 0 amide bonds. The smallest absolute Gasteiger partial charge is 0.244 e. The quantitative estimate of drug-likeness (QED) is 0.729. The van der Waals surface area contributed by atoms with E-state index < -0.39 is 10.0 Å². The summed E-state index contributed by atoms with van der Waals surface area (Å²) in [5.74, 6) is 0.317. The highest BCUT2D eigenvalue weighted by molar-refractivity contribution is 7.89. The summed E-state index contributed by atoms with van der Waals surface area (Å²) < 4.78 is 31.8. The Kier molecular flexibility index (Phi) is 6.71. The van der Waals surface area contributed by atoms with Crippen LogP contribution in [0.25, 0.3) is 0 Å². The van der Waals surface area contributed by atoms with Crippen molar-refractivity contribution in [2.45, 2.75) is 11.3 Å². The molecule has 1 unspecified atom stereocenters. The minimum absolute atomic E-state index is 0.0975. The van der Waals surface area contributed by atoms with Crippen LogP contribution in [0.1, 0.15) is 6.42 Å². The number of rotatable bonds is 7. The predicted molar refractivity (Wildman–Crippen MR) is 92.7 cm³/mol. The second-order valence-corrected chi connectivity index (χ2v) is 8.67. The summed E-state index contributed by atoms with van der Waals surface area (Å²) in [6.07, 6.45) is 0.984. The molecule has 0 N–H and O–H groups in total. The van der Waals surface area contributed by atoms with E-state index in [0.717, 1.165) is 26.1 Å². The van der Waals surface area contributed by atoms with E-state index in [2.05, 4.69) is 4.90 Å². The van der Waals surface area contributed by atoms with E-state index in [9.17, 15) is 8.42 Å². The van der Waals surface area contributed by atoms with Gasteiger partial charge in [-0.3, -0.25) is 0 Å². The molecule has 1 fully saturated rings. The minimum atomic E-state index is -3.61. The molecule has 8 heteroatoms. The summed E-state index contributed by atoms with van der Waals surface area (Å²) in [7, 11) is -0.329. The van der Waals surface area contributed by atoms with Crippen LogP contribution in [0.4, 0.5) is 0 Å². The van der Waals surface area contributed by atoms with E-state index in [1.165, 1.54) is 22.5 Å². The third-order valence-corrected chi connectivity index (χ3v) is 6.62. The summed E-state index contributed by atoms with van der Waals surface area (Å²) in [6.45, 7) is 3.92. The second-order valence-electron chi connectivity index (χ2n) is 5.81. The molecule has 0 bridgehead atoms. The predicted octanol–water partition coefficient (Wildman–Crippen LogP) is 2.58. The lowest BCUT2D eigenvalue weighted by Crippen LogP contribution is -2.33. The number of halogens is 2. The number of benzene rings is 1. The molecular formula is C15H22Cl2N2O3S. The fraction of sp³-hybridized carbons (Fsp3) is 0.600. The normalized spacial score (nSPS) is 19.6. The molecule has 2 rings (SSSR count). The van der Waals surface area contributed by atoms with Crippen molar-refractivity contribution in [2.24, 2.45) is 5.92 Å². The van der Waals surface area contributed by atoms with Gasteiger partial charge >= 0.3 is 0 Å². The van der Waals surface area contributed by atoms with Crippen LogP contribution in [-0.4, -0.2) is 64.6 Å². The molecule has 1 saturated heterocycles. The van der Waals surface area contributed by atoms with Crippen LogP contribution < -0.4 is 0 Å². The van der Waals surface area contributed by atoms with Gasteiger partial charge in [0.1, 0.15) is 4.90 Å². The van der Waals surface area contributed by atoms with Crippen molar-refractivity contribution in [3.63, 3.8) is 0 Å². The SMILES string of the molecule is COCCN1CCC(CN(C)S(=O)(=O)c2ccc(Cl)cc2Cl)C1. The van der Waals surface area contributed by atoms with Crippen molar-refractivity contribution in [3.8, 4) is 0 Å². The minimum Gasteiger partial charge on any atom is -0.383 e. The van der Waals surface area contributed by atoms with Crippen LogP contribution in [0.3, 0.4) is 0 Å². The molecule has 0 aliphatic carbocycles. The fourth-order valence-corrected chi connectivity index (χ4v) is 4.79. The van der Waals surface area contributed by atoms with Crippen molar-refractivity contribution in [3.05, 3.63) is 28.2 Å². The fourth-order valence-electron chi connectivity index (χ4n) is 2.80. The van der Waals surface area contributed by atoms with Gasteiger partial charge in [-0.1, -0.05) is 23.2 Å². The first kappa shape index (κ1) is 19.0. The molecule has 1 aromatic carbocycles. The number of hydrogen-bond donors (Lipinski definition) is 0. The van der Waals surface area contributed by atoms with Gasteiger partial charge in [-0.15, -0.1) is 0 Å². The summed E-state index contributed by atoms with van der Waals surface area (Å²) in [6, 6.07) is 4.44. The Balaban J connectivity index is 2.01. The molecule has 0 saturated carbocycles. The van der Waals surface area contributed by atoms with Crippen molar-refractivity contribution < 1.29 is 13.2 Å². The first-order chi connectivity index (χ1) is 10.8. The lowest BCUT2D eigenvalue weighted by molar-refractivity contribution is 0.158. The van der Waals surface area contributed by atoms with Crippen LogP contribution in [0.5, 0.6) is 0 Å². The van der Waals surface area contributed by atoms with Gasteiger partial charge in [-0.2, -0.15) is 0 Å². The number of ether oxygens (including phenoxy) is 1. The zero-order chi connectivity index (χ0) is 17.0. The zero-order valence-electron chi connectivity index (χ0n) is 13.3. The maximum Gasteiger partial charge on any atom is 0.244 e. The Labute approximate surface area is 148 Å². The third kappa shape index (κ3) is 4.81. The topological polar surface area (TPSA) is 49.9 Å².